The summed E-state index contributed by atoms with van der Waals surface area (Å²) < 4.78 is 1.92. The maximum Gasteiger partial charge on any atom is 0.354 e. The van der Waals surface area contributed by atoms with Crippen LogP contribution >= 0.6 is 0 Å². The second-order valence-electron chi connectivity index (χ2n) is 5.93. The third kappa shape index (κ3) is 3.29. The van der Waals surface area contributed by atoms with Crippen LogP contribution in [0.2, 0.25) is 0 Å². The molecule has 1 N–H and O–H groups in total. The number of carbonyl (C=O) groups excluding carboxylic acids is 1. The molecule has 0 bridgehead atoms. The molecule has 24 heavy (non-hydrogen) atoms. The lowest BCUT2D eigenvalue weighted by molar-refractivity contribution is 0.0682. The Labute approximate surface area is 139 Å². The summed E-state index contributed by atoms with van der Waals surface area (Å²) >= 11 is 0. The lowest BCUT2D eigenvalue weighted by Crippen LogP contribution is -2.38. The molecule has 1 fully saturated rings. The molecule has 7 heteroatoms. The van der Waals surface area contributed by atoms with Gasteiger partial charge in [-0.1, -0.05) is 0 Å². The van der Waals surface area contributed by atoms with Crippen molar-refractivity contribution in [2.75, 3.05) is 13.1 Å². The van der Waals surface area contributed by atoms with Crippen LogP contribution in [0.15, 0.2) is 30.7 Å². The van der Waals surface area contributed by atoms with Gasteiger partial charge in [-0.15, -0.1) is 0 Å². The third-order valence-electron chi connectivity index (χ3n) is 4.46. The highest BCUT2D eigenvalue weighted by Gasteiger charge is 2.25. The van der Waals surface area contributed by atoms with Gasteiger partial charge >= 0.3 is 5.97 Å². The van der Waals surface area contributed by atoms with Gasteiger partial charge in [-0.3, -0.25) is 9.48 Å². The van der Waals surface area contributed by atoms with Gasteiger partial charge in [-0.25, -0.2) is 9.78 Å². The molecule has 1 aliphatic rings. The number of amides is 1. The van der Waals surface area contributed by atoms with E-state index in [1.54, 1.807) is 4.90 Å². The lowest BCUT2D eigenvalue weighted by Gasteiger charge is -2.31. The van der Waals surface area contributed by atoms with E-state index in [-0.39, 0.29) is 11.6 Å². The molecule has 0 spiro atoms. The van der Waals surface area contributed by atoms with Crippen LogP contribution in [0.1, 0.15) is 52.1 Å². The molecule has 3 heterocycles. The minimum absolute atomic E-state index is 0.0572. The summed E-state index contributed by atoms with van der Waals surface area (Å²) in [7, 11) is 0. The van der Waals surface area contributed by atoms with E-state index in [1.807, 2.05) is 10.9 Å². The summed E-state index contributed by atoms with van der Waals surface area (Å²) in [5.74, 6) is -0.758. The van der Waals surface area contributed by atoms with Gasteiger partial charge in [0.2, 0.25) is 0 Å². The molecule has 0 radical (unpaired) electrons. The first-order valence-corrected chi connectivity index (χ1v) is 8.09. The number of carboxylic acid groups (broad SMARTS) is 1. The van der Waals surface area contributed by atoms with Crippen molar-refractivity contribution in [2.45, 2.75) is 32.2 Å². The molecule has 7 nitrogen and oxygen atoms in total. The number of likely N-dealkylation sites (tertiary alicyclic amines) is 1. The van der Waals surface area contributed by atoms with Crippen LogP contribution in [0.3, 0.4) is 0 Å². The largest absolute Gasteiger partial charge is 0.477 e. The molecule has 1 aliphatic heterocycles. The molecule has 0 saturated carbocycles. The fraction of sp³-hybridized carbons (Fsp3) is 0.412. The van der Waals surface area contributed by atoms with Gasteiger partial charge in [0, 0.05) is 32.0 Å². The molecule has 1 amide bonds. The number of aryl methyl sites for hydroxylation is 1. The van der Waals surface area contributed by atoms with Gasteiger partial charge in [0.1, 0.15) is 5.69 Å². The molecule has 0 aliphatic carbocycles. The molecule has 0 atom stereocenters. The Bertz CT molecular complexity index is 731. The molecule has 2 aromatic rings. The van der Waals surface area contributed by atoms with Gasteiger partial charge in [0.15, 0.2) is 0 Å². The van der Waals surface area contributed by atoms with Crippen LogP contribution in [0.5, 0.6) is 0 Å². The van der Waals surface area contributed by atoms with Gasteiger partial charge in [-0.2, -0.15) is 5.10 Å². The number of hydrogen-bond donors (Lipinski definition) is 1. The van der Waals surface area contributed by atoms with Crippen molar-refractivity contribution in [1.29, 1.82) is 0 Å². The number of aromatic nitrogens is 3. The Kier molecular flexibility index (Phi) is 4.59. The smallest absolute Gasteiger partial charge is 0.354 e. The minimum Gasteiger partial charge on any atom is -0.477 e. The van der Waals surface area contributed by atoms with E-state index in [4.69, 9.17) is 5.11 Å². The van der Waals surface area contributed by atoms with E-state index in [9.17, 15) is 9.59 Å². The minimum atomic E-state index is -1.09. The number of carbonyl (C=O) groups is 2. The van der Waals surface area contributed by atoms with Crippen LogP contribution in [0.25, 0.3) is 0 Å². The first-order chi connectivity index (χ1) is 11.6. The van der Waals surface area contributed by atoms with Crippen molar-refractivity contribution in [3.63, 3.8) is 0 Å². The van der Waals surface area contributed by atoms with Gasteiger partial charge in [0.05, 0.1) is 11.8 Å². The summed E-state index contributed by atoms with van der Waals surface area (Å²) in [5.41, 5.74) is 1.60. The fourth-order valence-corrected chi connectivity index (χ4v) is 3.01. The third-order valence-corrected chi connectivity index (χ3v) is 4.46. The number of aromatic carboxylic acids is 1. The Balaban J connectivity index is 1.61. The Morgan fingerprint density at radius 1 is 1.25 bits per heavy atom. The maximum absolute atomic E-state index is 12.5. The Hall–Kier alpha value is -2.70. The number of pyridine rings is 1. The van der Waals surface area contributed by atoms with Crippen molar-refractivity contribution in [2.24, 2.45) is 0 Å². The van der Waals surface area contributed by atoms with Crippen LogP contribution in [-0.2, 0) is 6.54 Å². The second-order valence-corrected chi connectivity index (χ2v) is 5.93. The van der Waals surface area contributed by atoms with E-state index in [0.29, 0.717) is 24.6 Å². The number of rotatable bonds is 4. The van der Waals surface area contributed by atoms with E-state index >= 15 is 0 Å². The molecule has 0 aromatic carbocycles. The van der Waals surface area contributed by atoms with Crippen LogP contribution in [-0.4, -0.2) is 49.7 Å². The summed E-state index contributed by atoms with van der Waals surface area (Å²) in [5, 5.41) is 13.2. The van der Waals surface area contributed by atoms with Crippen molar-refractivity contribution in [3.05, 3.63) is 47.5 Å². The van der Waals surface area contributed by atoms with Gasteiger partial charge in [0.25, 0.3) is 5.91 Å². The maximum atomic E-state index is 12.5. The zero-order valence-electron chi connectivity index (χ0n) is 13.6. The highest BCUT2D eigenvalue weighted by molar-refractivity contribution is 5.95. The first kappa shape index (κ1) is 16.2. The molecule has 126 valence electrons. The van der Waals surface area contributed by atoms with Crippen LogP contribution < -0.4 is 0 Å². The molecule has 2 aromatic heterocycles. The fourth-order valence-electron chi connectivity index (χ4n) is 3.01. The van der Waals surface area contributed by atoms with Crippen molar-refractivity contribution in [1.82, 2.24) is 19.7 Å². The van der Waals surface area contributed by atoms with Crippen molar-refractivity contribution >= 4 is 11.9 Å². The standard InChI is InChI=1S/C17H20N4O3/c1-2-21-11-14(10-19-21)12-5-7-20(8-6-12)16(22)13-3-4-15(17(23)24)18-9-13/h3-4,9-12H,2,5-8H2,1H3,(H,23,24). The Morgan fingerprint density at radius 2 is 2.00 bits per heavy atom. The first-order valence-electron chi connectivity index (χ1n) is 8.09. The monoisotopic (exact) mass is 328 g/mol. The predicted molar refractivity (Wildman–Crippen MR) is 87.0 cm³/mol. The molecule has 0 unspecified atom stereocenters. The number of nitrogens with zero attached hydrogens (tertiary/aromatic N) is 4. The quantitative estimate of drug-likeness (QED) is 0.927. The molecule has 1 saturated heterocycles. The van der Waals surface area contributed by atoms with Gasteiger partial charge < -0.3 is 10.0 Å². The normalized spacial score (nSPS) is 15.5. The summed E-state index contributed by atoms with van der Waals surface area (Å²) in [6, 6.07) is 2.89. The number of piperidine rings is 1. The van der Waals surface area contributed by atoms with E-state index in [1.165, 1.54) is 23.9 Å². The predicted octanol–water partition coefficient (Wildman–Crippen LogP) is 2.02. The molecule has 3 rings (SSSR count). The number of hydrogen-bond acceptors (Lipinski definition) is 4. The van der Waals surface area contributed by atoms with Crippen LogP contribution in [0.4, 0.5) is 0 Å². The molecular formula is C17H20N4O3. The van der Waals surface area contributed by atoms with Crippen molar-refractivity contribution < 1.29 is 14.7 Å². The summed E-state index contributed by atoms with van der Waals surface area (Å²) in [4.78, 5) is 28.9. The Morgan fingerprint density at radius 3 is 2.54 bits per heavy atom. The van der Waals surface area contributed by atoms with Gasteiger partial charge in [-0.05, 0) is 43.4 Å². The highest BCUT2D eigenvalue weighted by atomic mass is 16.4. The highest BCUT2D eigenvalue weighted by Crippen LogP contribution is 2.28. The average Bonchev–Trinajstić information content (AvgIpc) is 3.10. The van der Waals surface area contributed by atoms with Crippen molar-refractivity contribution in [3.8, 4) is 0 Å². The van der Waals surface area contributed by atoms with E-state index < -0.39 is 5.97 Å². The van der Waals surface area contributed by atoms with Crippen LogP contribution in [0, 0.1) is 0 Å². The lowest BCUT2D eigenvalue weighted by atomic mass is 9.91. The number of carboxylic acids is 1. The zero-order valence-corrected chi connectivity index (χ0v) is 13.6. The average molecular weight is 328 g/mol. The second kappa shape index (κ2) is 6.82. The SMILES string of the molecule is CCn1cc(C2CCN(C(=O)c3ccc(C(=O)O)nc3)CC2)cn1. The zero-order chi connectivity index (χ0) is 17.1. The van der Waals surface area contributed by atoms with E-state index in [0.717, 1.165) is 19.4 Å². The van der Waals surface area contributed by atoms with E-state index in [2.05, 4.69) is 23.2 Å². The molecular weight excluding hydrogens is 308 g/mol. The topological polar surface area (TPSA) is 88.3 Å². The summed E-state index contributed by atoms with van der Waals surface area (Å²) in [6.07, 6.45) is 7.14. The summed E-state index contributed by atoms with van der Waals surface area (Å²) in [6.45, 7) is 4.28.